The zero-order chi connectivity index (χ0) is 21.9. The number of hydrogen-bond acceptors (Lipinski definition) is 7. The highest BCUT2D eigenvalue weighted by Gasteiger charge is 2.33. The Hall–Kier alpha value is -2.87. The van der Waals surface area contributed by atoms with E-state index in [0.29, 0.717) is 37.0 Å². The molecule has 2 aromatic carbocycles. The van der Waals surface area contributed by atoms with E-state index in [1.165, 1.54) is 0 Å². The molecule has 0 atom stereocenters. The predicted molar refractivity (Wildman–Crippen MR) is 120 cm³/mol. The number of carbonyl (C=O) groups excluding carboxylic acids is 1. The lowest BCUT2D eigenvalue weighted by molar-refractivity contribution is 0.0239. The Balaban J connectivity index is 1.34. The van der Waals surface area contributed by atoms with E-state index in [-0.39, 0.29) is 5.78 Å². The largest absolute Gasteiger partial charge is 0.493 e. The molecule has 3 heterocycles. The van der Waals surface area contributed by atoms with Crippen molar-refractivity contribution in [2.45, 2.75) is 13.5 Å². The van der Waals surface area contributed by atoms with Crippen molar-refractivity contribution in [1.82, 2.24) is 9.80 Å². The summed E-state index contributed by atoms with van der Waals surface area (Å²) < 4.78 is 23.2. The van der Waals surface area contributed by atoms with Gasteiger partial charge in [0.1, 0.15) is 24.0 Å². The molecule has 168 valence electrons. The van der Waals surface area contributed by atoms with Crippen molar-refractivity contribution >= 4 is 11.9 Å². The molecule has 1 saturated heterocycles. The van der Waals surface area contributed by atoms with Crippen LogP contribution in [0.3, 0.4) is 0 Å². The number of benzene rings is 2. The first-order chi connectivity index (χ1) is 15.7. The predicted octanol–water partition coefficient (Wildman–Crippen LogP) is 3.19. The molecule has 5 rings (SSSR count). The fourth-order valence-electron chi connectivity index (χ4n) is 4.28. The van der Waals surface area contributed by atoms with Gasteiger partial charge in [-0.25, -0.2) is 0 Å². The third-order valence-electron chi connectivity index (χ3n) is 6.02. The Kier molecular flexibility index (Phi) is 6.12. The van der Waals surface area contributed by atoms with Crippen LogP contribution in [0, 0.1) is 0 Å². The lowest BCUT2D eigenvalue weighted by Crippen LogP contribution is -2.43. The Bertz CT molecular complexity index is 1030. The van der Waals surface area contributed by atoms with Crippen LogP contribution in [0.2, 0.25) is 0 Å². The Morgan fingerprint density at radius 2 is 1.88 bits per heavy atom. The first-order valence-electron chi connectivity index (χ1n) is 11.2. The van der Waals surface area contributed by atoms with Crippen molar-refractivity contribution in [3.63, 3.8) is 0 Å². The molecule has 7 nitrogen and oxygen atoms in total. The maximum Gasteiger partial charge on any atom is 0.231 e. The first-order valence-corrected chi connectivity index (χ1v) is 11.2. The average molecular weight is 437 g/mol. The van der Waals surface area contributed by atoms with Crippen molar-refractivity contribution in [3.8, 4) is 17.2 Å². The molecule has 0 bridgehead atoms. The highest BCUT2D eigenvalue weighted by atomic mass is 16.5. The zero-order valence-electron chi connectivity index (χ0n) is 18.3. The molecule has 0 amide bonds. The van der Waals surface area contributed by atoms with E-state index in [4.69, 9.17) is 18.9 Å². The van der Waals surface area contributed by atoms with Crippen molar-refractivity contribution < 1.29 is 23.7 Å². The molecule has 2 aromatic rings. The van der Waals surface area contributed by atoms with E-state index in [1.54, 1.807) is 12.1 Å². The molecule has 1 fully saturated rings. The second-order valence-corrected chi connectivity index (χ2v) is 8.11. The van der Waals surface area contributed by atoms with Crippen LogP contribution >= 0.6 is 0 Å². The maximum absolute atomic E-state index is 13.1. The molecular formula is C25H28N2O5. The number of rotatable bonds is 6. The SMILES string of the molecule is CCOc1ccccc1/C=C1\Oc2c(ccc3c2CN(CCN2CCOCC2)CO3)C1=O. The smallest absolute Gasteiger partial charge is 0.231 e. The van der Waals surface area contributed by atoms with E-state index in [1.807, 2.05) is 37.3 Å². The van der Waals surface area contributed by atoms with Crippen LogP contribution < -0.4 is 14.2 Å². The Morgan fingerprint density at radius 1 is 1.06 bits per heavy atom. The van der Waals surface area contributed by atoms with Gasteiger partial charge in [0.05, 0.1) is 30.9 Å². The van der Waals surface area contributed by atoms with Gasteiger partial charge in [0.25, 0.3) is 0 Å². The summed E-state index contributed by atoms with van der Waals surface area (Å²) in [7, 11) is 0. The van der Waals surface area contributed by atoms with Crippen molar-refractivity contribution in [3.05, 3.63) is 58.8 Å². The van der Waals surface area contributed by atoms with Gasteiger partial charge in [-0.3, -0.25) is 14.6 Å². The number of morpholine rings is 1. The lowest BCUT2D eigenvalue weighted by Gasteiger charge is -2.33. The van der Waals surface area contributed by atoms with Crippen LogP contribution in [0.15, 0.2) is 42.2 Å². The molecule has 0 spiro atoms. The van der Waals surface area contributed by atoms with E-state index < -0.39 is 0 Å². The van der Waals surface area contributed by atoms with E-state index in [0.717, 1.165) is 62.0 Å². The van der Waals surface area contributed by atoms with E-state index in [9.17, 15) is 4.79 Å². The normalized spacial score (nSPS) is 19.9. The summed E-state index contributed by atoms with van der Waals surface area (Å²) in [5, 5.41) is 0. The van der Waals surface area contributed by atoms with Gasteiger partial charge in [-0.1, -0.05) is 18.2 Å². The van der Waals surface area contributed by atoms with Gasteiger partial charge in [-0.2, -0.15) is 0 Å². The van der Waals surface area contributed by atoms with Crippen LogP contribution in [0.25, 0.3) is 6.08 Å². The van der Waals surface area contributed by atoms with Gasteiger partial charge in [0.2, 0.25) is 5.78 Å². The molecular weight excluding hydrogens is 408 g/mol. The van der Waals surface area contributed by atoms with Crippen molar-refractivity contribution in [1.29, 1.82) is 0 Å². The van der Waals surface area contributed by atoms with Crippen LogP contribution in [-0.2, 0) is 11.3 Å². The number of Topliss-reactive ketones (excluding diaryl/α,β-unsaturated/α-hetero) is 1. The Morgan fingerprint density at radius 3 is 2.72 bits per heavy atom. The average Bonchev–Trinajstić information content (AvgIpc) is 3.15. The van der Waals surface area contributed by atoms with Crippen molar-refractivity contribution in [2.24, 2.45) is 0 Å². The topological polar surface area (TPSA) is 60.5 Å². The summed E-state index contributed by atoms with van der Waals surface area (Å²) in [6.07, 6.45) is 1.76. The third-order valence-corrected chi connectivity index (χ3v) is 6.02. The van der Waals surface area contributed by atoms with Crippen LogP contribution in [0.5, 0.6) is 17.2 Å². The minimum absolute atomic E-state index is 0.112. The van der Waals surface area contributed by atoms with Gasteiger partial charge >= 0.3 is 0 Å². The fraction of sp³-hybridized carbons (Fsp3) is 0.400. The summed E-state index contributed by atoms with van der Waals surface area (Å²) in [5.74, 6) is 2.33. The molecule has 0 aromatic heterocycles. The van der Waals surface area contributed by atoms with Crippen molar-refractivity contribution in [2.75, 3.05) is 52.7 Å². The third kappa shape index (κ3) is 4.24. The van der Waals surface area contributed by atoms with Gasteiger partial charge in [-0.05, 0) is 31.2 Å². The monoisotopic (exact) mass is 436 g/mol. The van der Waals surface area contributed by atoms with Gasteiger partial charge in [0.15, 0.2) is 5.76 Å². The minimum atomic E-state index is -0.112. The lowest BCUT2D eigenvalue weighted by atomic mass is 10.0. The van der Waals surface area contributed by atoms with Gasteiger partial charge in [0, 0.05) is 38.3 Å². The first kappa shape index (κ1) is 21.0. The maximum atomic E-state index is 13.1. The molecule has 0 saturated carbocycles. The van der Waals surface area contributed by atoms with Gasteiger partial charge < -0.3 is 18.9 Å². The summed E-state index contributed by atoms with van der Waals surface area (Å²) in [4.78, 5) is 17.7. The molecule has 0 N–H and O–H groups in total. The van der Waals surface area contributed by atoms with Crippen LogP contribution in [0.1, 0.15) is 28.4 Å². The quantitative estimate of drug-likeness (QED) is 0.645. The zero-order valence-corrected chi connectivity index (χ0v) is 18.3. The van der Waals surface area contributed by atoms with Gasteiger partial charge in [-0.15, -0.1) is 0 Å². The second kappa shape index (κ2) is 9.32. The van der Waals surface area contributed by atoms with E-state index >= 15 is 0 Å². The number of carbonyl (C=O) groups is 1. The number of allylic oxidation sites excluding steroid dienone is 1. The molecule has 0 unspecified atom stereocenters. The second-order valence-electron chi connectivity index (χ2n) is 8.11. The van der Waals surface area contributed by atoms with E-state index in [2.05, 4.69) is 9.80 Å². The minimum Gasteiger partial charge on any atom is -0.493 e. The molecule has 3 aliphatic heterocycles. The Labute approximate surface area is 188 Å². The van der Waals surface area contributed by atoms with Crippen LogP contribution in [0.4, 0.5) is 0 Å². The molecule has 0 aliphatic carbocycles. The summed E-state index contributed by atoms with van der Waals surface area (Å²) in [5.41, 5.74) is 2.34. The molecule has 32 heavy (non-hydrogen) atoms. The number of ketones is 1. The fourth-order valence-corrected chi connectivity index (χ4v) is 4.28. The number of ether oxygens (including phenoxy) is 4. The standard InChI is InChI=1S/C25H28N2O5/c1-2-30-21-6-4-3-5-18(21)15-23-24(28)19-7-8-22-20(25(19)32-23)16-27(17-31-22)10-9-26-11-13-29-14-12-26/h3-8,15H,2,9-14,16-17H2,1H3/b23-15-. The summed E-state index contributed by atoms with van der Waals surface area (Å²) in [6.45, 7) is 9.11. The number of para-hydroxylation sites is 1. The number of nitrogens with zero attached hydrogens (tertiary/aromatic N) is 2. The number of fused-ring (bicyclic) bond motifs is 3. The molecule has 0 radical (unpaired) electrons. The highest BCUT2D eigenvalue weighted by molar-refractivity contribution is 6.15. The van der Waals surface area contributed by atoms with Crippen LogP contribution in [-0.4, -0.2) is 68.3 Å². The molecule has 7 heteroatoms. The highest BCUT2D eigenvalue weighted by Crippen LogP contribution is 2.42. The molecule has 3 aliphatic rings. The number of hydrogen-bond donors (Lipinski definition) is 0. The summed E-state index contributed by atoms with van der Waals surface area (Å²) in [6, 6.07) is 11.3. The summed E-state index contributed by atoms with van der Waals surface area (Å²) >= 11 is 0.